The fourth-order valence-electron chi connectivity index (χ4n) is 3.83. The molecule has 3 aromatic rings. The highest BCUT2D eigenvalue weighted by atomic mass is 16.5. The first-order chi connectivity index (χ1) is 14.2. The van der Waals surface area contributed by atoms with E-state index in [1.807, 2.05) is 30.3 Å². The number of hydrogen-bond acceptors (Lipinski definition) is 3. The van der Waals surface area contributed by atoms with Crippen molar-refractivity contribution in [3.8, 4) is 28.3 Å². The smallest absolute Gasteiger partial charge is 0.118 e. The minimum Gasteiger partial charge on any atom is -0.497 e. The molecule has 2 aliphatic heterocycles. The van der Waals surface area contributed by atoms with E-state index in [0.717, 1.165) is 45.7 Å². The lowest BCUT2D eigenvalue weighted by Gasteiger charge is -2.16. The Balaban J connectivity index is 1.72. The van der Waals surface area contributed by atoms with Crippen LogP contribution in [-0.4, -0.2) is 21.9 Å². The highest BCUT2D eigenvalue weighted by Crippen LogP contribution is 2.37. The molecule has 4 nitrogen and oxygen atoms in total. The van der Waals surface area contributed by atoms with E-state index in [-0.39, 0.29) is 0 Å². The number of aromatic nitrogens is 3. The Kier molecular flexibility index (Phi) is 4.24. The molecule has 2 aliphatic rings. The maximum absolute atomic E-state index is 5.29. The Bertz CT molecular complexity index is 1260. The molecule has 2 heterocycles. The van der Waals surface area contributed by atoms with E-state index in [9.17, 15) is 0 Å². The van der Waals surface area contributed by atoms with E-state index in [2.05, 4.69) is 70.3 Å². The third-order valence-electron chi connectivity index (χ3n) is 5.32. The van der Waals surface area contributed by atoms with Crippen molar-refractivity contribution in [2.75, 3.05) is 7.11 Å². The summed E-state index contributed by atoms with van der Waals surface area (Å²) in [6, 6.07) is 25.0. The van der Waals surface area contributed by atoms with Crippen LogP contribution in [0, 0.1) is 6.92 Å². The second kappa shape index (κ2) is 7.06. The van der Waals surface area contributed by atoms with E-state index < -0.39 is 0 Å². The summed E-state index contributed by atoms with van der Waals surface area (Å²) in [6.07, 6.45) is 2.18. The van der Waals surface area contributed by atoms with Crippen molar-refractivity contribution in [3.63, 3.8) is 0 Å². The SMILES string of the molecule is COc1ccc(-c2nnc3c4cc(C)ccc4n(Cc4ccccc4)cc2-3)cc1. The van der Waals surface area contributed by atoms with Crippen molar-refractivity contribution in [1.29, 1.82) is 0 Å². The minimum atomic E-state index is 0.795. The summed E-state index contributed by atoms with van der Waals surface area (Å²) in [5.74, 6) is 0.831. The lowest BCUT2D eigenvalue weighted by molar-refractivity contribution is 0.415. The predicted molar refractivity (Wildman–Crippen MR) is 116 cm³/mol. The zero-order valence-electron chi connectivity index (χ0n) is 16.5. The van der Waals surface area contributed by atoms with Gasteiger partial charge in [0.15, 0.2) is 0 Å². The molecule has 0 fully saturated rings. The van der Waals surface area contributed by atoms with Gasteiger partial charge in [-0.3, -0.25) is 0 Å². The maximum Gasteiger partial charge on any atom is 0.118 e. The standard InChI is InChI=1S/C25H21N3O/c1-17-8-13-23-21(14-17)25-22(16-28(23)15-18-6-4-3-5-7-18)24(26-27-25)19-9-11-20(29-2)12-10-19/h3-14,16H,15H2,1-2H3. The van der Waals surface area contributed by atoms with Crippen molar-refractivity contribution in [3.05, 3.63) is 90.1 Å². The van der Waals surface area contributed by atoms with Crippen molar-refractivity contribution in [2.24, 2.45) is 0 Å². The van der Waals surface area contributed by atoms with Gasteiger partial charge in [0.2, 0.25) is 0 Å². The number of ether oxygens (including phenoxy) is 1. The average Bonchev–Trinajstić information content (AvgIpc) is 3.18. The van der Waals surface area contributed by atoms with Gasteiger partial charge >= 0.3 is 0 Å². The molecule has 0 unspecified atom stereocenters. The molecule has 142 valence electrons. The Morgan fingerprint density at radius 1 is 0.862 bits per heavy atom. The zero-order valence-corrected chi connectivity index (χ0v) is 16.5. The molecular weight excluding hydrogens is 358 g/mol. The fourth-order valence-corrected chi connectivity index (χ4v) is 3.83. The average molecular weight is 379 g/mol. The van der Waals surface area contributed by atoms with E-state index in [0.29, 0.717) is 0 Å². The first kappa shape index (κ1) is 17.4. The topological polar surface area (TPSA) is 39.9 Å². The molecule has 0 aliphatic carbocycles. The third-order valence-corrected chi connectivity index (χ3v) is 5.32. The van der Waals surface area contributed by atoms with Crippen LogP contribution in [0.2, 0.25) is 0 Å². The first-order valence-electron chi connectivity index (χ1n) is 9.67. The Hall–Kier alpha value is -3.66. The van der Waals surface area contributed by atoms with Gasteiger partial charge in [-0.15, -0.1) is 10.2 Å². The molecule has 0 aromatic heterocycles. The molecule has 0 saturated heterocycles. The van der Waals surface area contributed by atoms with Crippen LogP contribution in [0.25, 0.3) is 33.4 Å². The zero-order chi connectivity index (χ0) is 19.8. The largest absolute Gasteiger partial charge is 0.497 e. The van der Waals surface area contributed by atoms with Crippen LogP contribution in [0.3, 0.4) is 0 Å². The van der Waals surface area contributed by atoms with Crippen LogP contribution >= 0.6 is 0 Å². The molecule has 0 bridgehead atoms. The number of pyridine rings is 1. The normalized spacial score (nSPS) is 11.2. The van der Waals surface area contributed by atoms with E-state index >= 15 is 0 Å². The summed E-state index contributed by atoms with van der Waals surface area (Å²) >= 11 is 0. The molecule has 0 amide bonds. The van der Waals surface area contributed by atoms with Crippen LogP contribution in [-0.2, 0) is 6.54 Å². The highest BCUT2D eigenvalue weighted by Gasteiger charge is 2.20. The number of nitrogens with zero attached hydrogens (tertiary/aromatic N) is 3. The number of methoxy groups -OCH3 is 1. The summed E-state index contributed by atoms with van der Waals surface area (Å²) in [4.78, 5) is 0. The summed E-state index contributed by atoms with van der Waals surface area (Å²) in [5, 5.41) is 10.2. The number of hydrogen-bond donors (Lipinski definition) is 0. The Morgan fingerprint density at radius 3 is 2.38 bits per heavy atom. The van der Waals surface area contributed by atoms with Gasteiger partial charge in [-0.1, -0.05) is 42.0 Å². The van der Waals surface area contributed by atoms with Crippen LogP contribution in [0.5, 0.6) is 5.75 Å². The molecule has 5 rings (SSSR count). The second-order valence-corrected chi connectivity index (χ2v) is 7.30. The monoisotopic (exact) mass is 379 g/mol. The quantitative estimate of drug-likeness (QED) is 0.410. The van der Waals surface area contributed by atoms with Gasteiger partial charge in [0, 0.05) is 29.3 Å². The summed E-state index contributed by atoms with van der Waals surface area (Å²) in [6.45, 7) is 2.91. The molecule has 3 aromatic carbocycles. The van der Waals surface area contributed by atoms with Crippen molar-refractivity contribution in [2.45, 2.75) is 13.5 Å². The lowest BCUT2D eigenvalue weighted by Crippen LogP contribution is -2.04. The number of aryl methyl sites for hydroxylation is 1. The van der Waals surface area contributed by atoms with E-state index in [1.165, 1.54) is 11.1 Å². The van der Waals surface area contributed by atoms with Gasteiger partial charge in [0.1, 0.15) is 17.1 Å². The summed E-state index contributed by atoms with van der Waals surface area (Å²) in [7, 11) is 1.67. The van der Waals surface area contributed by atoms with Crippen molar-refractivity contribution < 1.29 is 4.74 Å². The molecular formula is C25H21N3O. The van der Waals surface area contributed by atoms with Gasteiger partial charge in [-0.05, 0) is 48.9 Å². The maximum atomic E-state index is 5.29. The highest BCUT2D eigenvalue weighted by molar-refractivity contribution is 5.98. The van der Waals surface area contributed by atoms with Crippen LogP contribution in [0.4, 0.5) is 0 Å². The Morgan fingerprint density at radius 2 is 1.62 bits per heavy atom. The molecule has 29 heavy (non-hydrogen) atoms. The third kappa shape index (κ3) is 3.13. The van der Waals surface area contributed by atoms with Crippen LogP contribution < -0.4 is 4.74 Å². The Labute approximate surface area is 169 Å². The van der Waals surface area contributed by atoms with Gasteiger partial charge in [-0.2, -0.15) is 0 Å². The molecule has 0 spiro atoms. The molecule has 0 atom stereocenters. The van der Waals surface area contributed by atoms with Crippen LogP contribution in [0.15, 0.2) is 79.0 Å². The number of fused-ring (bicyclic) bond motifs is 3. The fraction of sp³-hybridized carbons (Fsp3) is 0.120. The summed E-state index contributed by atoms with van der Waals surface area (Å²) < 4.78 is 7.58. The van der Waals surface area contributed by atoms with Crippen LogP contribution in [0.1, 0.15) is 11.1 Å². The van der Waals surface area contributed by atoms with Crippen molar-refractivity contribution in [1.82, 2.24) is 14.8 Å². The van der Waals surface area contributed by atoms with Gasteiger partial charge in [-0.25, -0.2) is 0 Å². The predicted octanol–water partition coefficient (Wildman–Crippen LogP) is 5.57. The molecule has 0 N–H and O–H groups in total. The van der Waals surface area contributed by atoms with Gasteiger partial charge in [0.25, 0.3) is 0 Å². The minimum absolute atomic E-state index is 0.795. The van der Waals surface area contributed by atoms with Gasteiger partial charge in [0.05, 0.1) is 12.6 Å². The first-order valence-corrected chi connectivity index (χ1v) is 9.67. The van der Waals surface area contributed by atoms with Crippen molar-refractivity contribution >= 4 is 10.9 Å². The molecule has 0 saturated carbocycles. The molecule has 0 radical (unpaired) electrons. The van der Waals surface area contributed by atoms with E-state index in [4.69, 9.17) is 4.74 Å². The number of benzene rings is 3. The summed E-state index contributed by atoms with van der Waals surface area (Å²) in [5.41, 5.74) is 7.57. The van der Waals surface area contributed by atoms with Gasteiger partial charge < -0.3 is 9.30 Å². The molecule has 4 heteroatoms. The number of rotatable bonds is 4. The second-order valence-electron chi connectivity index (χ2n) is 7.30. The van der Waals surface area contributed by atoms with E-state index in [1.54, 1.807) is 7.11 Å². The lowest BCUT2D eigenvalue weighted by atomic mass is 10.0.